The number of benzene rings is 2. The molecule has 1 saturated heterocycles. The highest BCUT2D eigenvalue weighted by molar-refractivity contribution is 6.11. The molecule has 0 aliphatic carbocycles. The Hall–Kier alpha value is -3.38. The number of nitrogens with two attached hydrogens (primary N) is 1. The summed E-state index contributed by atoms with van der Waals surface area (Å²) < 4.78 is 0. The van der Waals surface area contributed by atoms with Crippen molar-refractivity contribution in [2.24, 2.45) is 10.7 Å². The van der Waals surface area contributed by atoms with E-state index >= 15 is 0 Å². The molecule has 0 unspecified atom stereocenters. The lowest BCUT2D eigenvalue weighted by molar-refractivity contribution is 0.172. The Morgan fingerprint density at radius 2 is 2.03 bits per heavy atom. The third kappa shape index (κ3) is 3.21. The van der Waals surface area contributed by atoms with Crippen LogP contribution in [0.15, 0.2) is 53.7 Å². The number of nitrogens with zero attached hydrogens (tertiary/aromatic N) is 3. The molecule has 29 heavy (non-hydrogen) atoms. The minimum absolute atomic E-state index is 0.883. The molecule has 0 radical (unpaired) electrons. The maximum absolute atomic E-state index is 5.79. The molecule has 146 valence electrons. The number of aromatic nitrogens is 3. The predicted molar refractivity (Wildman–Crippen MR) is 120 cm³/mol. The molecule has 0 bridgehead atoms. The van der Waals surface area contributed by atoms with E-state index in [1.807, 2.05) is 12.1 Å². The van der Waals surface area contributed by atoms with Crippen LogP contribution in [0.4, 0.5) is 0 Å². The van der Waals surface area contributed by atoms with Crippen molar-refractivity contribution in [3.05, 3.63) is 59.8 Å². The lowest BCUT2D eigenvalue weighted by atomic mass is 10.0. The summed E-state index contributed by atoms with van der Waals surface area (Å²) in [6, 6.07) is 15.0. The van der Waals surface area contributed by atoms with E-state index in [9.17, 15) is 0 Å². The molecule has 0 amide bonds. The van der Waals surface area contributed by atoms with Crippen molar-refractivity contribution in [3.8, 4) is 11.4 Å². The summed E-state index contributed by atoms with van der Waals surface area (Å²) in [5.41, 5.74) is 13.1. The Morgan fingerprint density at radius 3 is 2.79 bits per heavy atom. The Bertz CT molecular complexity index is 1240. The molecule has 1 fully saturated rings. The molecule has 6 heteroatoms. The largest absolute Gasteiger partial charge is 0.404 e. The number of hydrogen-bond acceptors (Lipinski definition) is 4. The van der Waals surface area contributed by atoms with Crippen LogP contribution in [-0.4, -0.2) is 46.4 Å². The van der Waals surface area contributed by atoms with Gasteiger partial charge in [-0.1, -0.05) is 12.1 Å². The van der Waals surface area contributed by atoms with Gasteiger partial charge in [-0.05, 0) is 61.0 Å². The van der Waals surface area contributed by atoms with Crippen LogP contribution in [0.5, 0.6) is 0 Å². The first-order valence-electron chi connectivity index (χ1n) is 9.92. The van der Waals surface area contributed by atoms with Crippen LogP contribution in [0.3, 0.4) is 0 Å². The summed E-state index contributed by atoms with van der Waals surface area (Å²) in [6.07, 6.45) is 4.66. The van der Waals surface area contributed by atoms with Crippen molar-refractivity contribution in [1.29, 1.82) is 0 Å². The lowest BCUT2D eigenvalue weighted by Crippen LogP contribution is -2.36. The lowest BCUT2D eigenvalue weighted by Gasteiger charge is -2.30. The molecular formula is C23H24N6. The van der Waals surface area contributed by atoms with Gasteiger partial charge in [-0.3, -0.25) is 15.0 Å². The fraction of sp³-hybridized carbons (Fsp3) is 0.217. The molecule has 3 heterocycles. The molecule has 2 aromatic carbocycles. The number of likely N-dealkylation sites (tertiary alicyclic amines) is 1. The molecule has 1 aliphatic rings. The van der Waals surface area contributed by atoms with Gasteiger partial charge in [0.1, 0.15) is 5.69 Å². The van der Waals surface area contributed by atoms with Gasteiger partial charge in [0.2, 0.25) is 0 Å². The average molecular weight is 384 g/mol. The minimum atomic E-state index is 0.883. The average Bonchev–Trinajstić information content (AvgIpc) is 3.31. The van der Waals surface area contributed by atoms with Crippen LogP contribution >= 0.6 is 0 Å². The molecule has 0 spiro atoms. The van der Waals surface area contributed by atoms with E-state index in [1.54, 1.807) is 19.5 Å². The molecule has 0 atom stereocenters. The van der Waals surface area contributed by atoms with Crippen LogP contribution in [0.1, 0.15) is 17.5 Å². The highest BCUT2D eigenvalue weighted by Gasteiger charge is 2.15. The second-order valence-electron chi connectivity index (χ2n) is 7.58. The summed E-state index contributed by atoms with van der Waals surface area (Å²) >= 11 is 0. The Morgan fingerprint density at radius 1 is 1.17 bits per heavy atom. The number of rotatable bonds is 5. The third-order valence-corrected chi connectivity index (χ3v) is 5.64. The summed E-state index contributed by atoms with van der Waals surface area (Å²) in [4.78, 5) is 10.1. The van der Waals surface area contributed by atoms with E-state index in [-0.39, 0.29) is 0 Å². The number of fused-ring (bicyclic) bond motifs is 2. The third-order valence-electron chi connectivity index (χ3n) is 5.64. The number of aliphatic imine (C=N–C) groups is 1. The van der Waals surface area contributed by atoms with Crippen LogP contribution in [0.25, 0.3) is 38.8 Å². The van der Waals surface area contributed by atoms with Gasteiger partial charge in [0.15, 0.2) is 0 Å². The van der Waals surface area contributed by atoms with Crippen LogP contribution in [-0.2, 0) is 6.54 Å². The first-order chi connectivity index (χ1) is 14.2. The van der Waals surface area contributed by atoms with Gasteiger partial charge in [-0.2, -0.15) is 5.10 Å². The van der Waals surface area contributed by atoms with Crippen LogP contribution < -0.4 is 5.73 Å². The predicted octanol–water partition coefficient (Wildman–Crippen LogP) is 3.92. The number of aromatic amines is 2. The Kier molecular flexibility index (Phi) is 4.41. The topological polar surface area (TPSA) is 86.1 Å². The minimum Gasteiger partial charge on any atom is -0.404 e. The van der Waals surface area contributed by atoms with Crippen molar-refractivity contribution < 1.29 is 0 Å². The SMILES string of the molecule is CN=C/C(=C\N)c1ccc2[nH]nc(-c3cc4cc(CN5CCC5)ccc4[nH]3)c2c1. The maximum Gasteiger partial charge on any atom is 0.116 e. The van der Waals surface area contributed by atoms with Crippen molar-refractivity contribution in [2.75, 3.05) is 20.1 Å². The molecule has 5 rings (SSSR count). The van der Waals surface area contributed by atoms with Gasteiger partial charge < -0.3 is 10.7 Å². The second-order valence-corrected chi connectivity index (χ2v) is 7.58. The number of nitrogens with one attached hydrogen (secondary N) is 2. The highest BCUT2D eigenvalue weighted by atomic mass is 15.2. The highest BCUT2D eigenvalue weighted by Crippen LogP contribution is 2.31. The quantitative estimate of drug-likeness (QED) is 0.456. The first kappa shape index (κ1) is 17.7. The summed E-state index contributed by atoms with van der Waals surface area (Å²) in [6.45, 7) is 3.44. The smallest absolute Gasteiger partial charge is 0.116 e. The zero-order valence-corrected chi connectivity index (χ0v) is 16.4. The summed E-state index contributed by atoms with van der Waals surface area (Å²) in [5, 5.41) is 9.98. The standard InChI is InChI=1S/C23H24N6/c1-25-13-18(12-24)16-4-6-21-19(10-16)23(28-27-21)22-11-17-9-15(3-5-20(17)26-22)14-29-7-2-8-29/h3-6,9-13,26H,2,7-8,14,24H2,1H3,(H,27,28)/b18-12+,25-13?. The molecule has 4 N–H and O–H groups in total. The molecule has 1 aliphatic heterocycles. The van der Waals surface area contributed by atoms with Crippen LogP contribution in [0, 0.1) is 0 Å². The molecule has 6 nitrogen and oxygen atoms in total. The van der Waals surface area contributed by atoms with E-state index < -0.39 is 0 Å². The fourth-order valence-electron chi connectivity index (χ4n) is 3.96. The second kappa shape index (κ2) is 7.22. The number of H-pyrrole nitrogens is 2. The maximum atomic E-state index is 5.79. The molecule has 0 saturated carbocycles. The monoisotopic (exact) mass is 384 g/mol. The zero-order valence-electron chi connectivity index (χ0n) is 16.4. The Balaban J connectivity index is 1.54. The van der Waals surface area contributed by atoms with Crippen molar-refractivity contribution in [2.45, 2.75) is 13.0 Å². The van der Waals surface area contributed by atoms with Gasteiger partial charge in [0.25, 0.3) is 0 Å². The van der Waals surface area contributed by atoms with Gasteiger partial charge in [-0.15, -0.1) is 0 Å². The van der Waals surface area contributed by atoms with Gasteiger partial charge in [-0.25, -0.2) is 0 Å². The van der Waals surface area contributed by atoms with E-state index in [2.05, 4.69) is 55.4 Å². The molecule has 4 aromatic rings. The van der Waals surface area contributed by atoms with Gasteiger partial charge >= 0.3 is 0 Å². The van der Waals surface area contributed by atoms with E-state index in [1.165, 1.54) is 30.5 Å². The molecular weight excluding hydrogens is 360 g/mol. The van der Waals surface area contributed by atoms with E-state index in [0.29, 0.717) is 0 Å². The summed E-state index contributed by atoms with van der Waals surface area (Å²) in [7, 11) is 1.74. The number of allylic oxidation sites excluding steroid dienone is 1. The van der Waals surface area contributed by atoms with Crippen LogP contribution in [0.2, 0.25) is 0 Å². The van der Waals surface area contributed by atoms with E-state index in [4.69, 9.17) is 5.73 Å². The number of hydrogen-bond donors (Lipinski definition) is 3. The Labute approximate surface area is 169 Å². The normalized spacial score (nSPS) is 15.6. The van der Waals surface area contributed by atoms with Crippen molar-refractivity contribution >= 4 is 33.6 Å². The van der Waals surface area contributed by atoms with Gasteiger partial charge in [0.05, 0.1) is 11.2 Å². The van der Waals surface area contributed by atoms with Crippen molar-refractivity contribution in [1.82, 2.24) is 20.1 Å². The first-order valence-corrected chi connectivity index (χ1v) is 9.92. The summed E-state index contributed by atoms with van der Waals surface area (Å²) in [5.74, 6) is 0. The van der Waals surface area contributed by atoms with Crippen molar-refractivity contribution in [3.63, 3.8) is 0 Å². The fourth-order valence-corrected chi connectivity index (χ4v) is 3.96. The zero-order chi connectivity index (χ0) is 19.8. The van der Waals surface area contributed by atoms with Gasteiger partial charge in [0, 0.05) is 47.9 Å². The van der Waals surface area contributed by atoms with E-state index in [0.717, 1.165) is 45.5 Å². The molecule has 2 aromatic heterocycles.